The molecule has 1 N–H and O–H groups in total. The molecule has 0 saturated heterocycles. The lowest BCUT2D eigenvalue weighted by atomic mass is 10.1. The minimum Gasteiger partial charge on any atom is -0.493 e. The smallest absolute Gasteiger partial charge is 0.261 e. The first-order valence-electron chi connectivity index (χ1n) is 10.6. The Balaban J connectivity index is 1.37. The summed E-state index contributed by atoms with van der Waals surface area (Å²) < 4.78 is 8.20. The van der Waals surface area contributed by atoms with Gasteiger partial charge in [-0.2, -0.15) is 0 Å². The summed E-state index contributed by atoms with van der Waals surface area (Å²) in [4.78, 5) is 17.8. The summed E-state index contributed by atoms with van der Waals surface area (Å²) in [7, 11) is 0. The number of aryl methyl sites for hydroxylation is 3. The number of unbranched alkanes of at least 4 members (excludes halogenated alkanes) is 1. The first-order valence-corrected chi connectivity index (χ1v) is 11.5. The van der Waals surface area contributed by atoms with Gasteiger partial charge in [-0.25, -0.2) is 4.98 Å². The number of thiophene rings is 1. The number of nitrogens with zero attached hydrogens (tertiary/aromatic N) is 2. The molecule has 0 radical (unpaired) electrons. The van der Waals surface area contributed by atoms with Crippen LogP contribution in [-0.2, 0) is 13.1 Å². The second kappa shape index (κ2) is 9.79. The summed E-state index contributed by atoms with van der Waals surface area (Å²) in [6.07, 6.45) is 1.91. The highest BCUT2D eigenvalue weighted by Gasteiger charge is 2.13. The van der Waals surface area contributed by atoms with Gasteiger partial charge in [-0.15, -0.1) is 11.3 Å². The zero-order valence-electron chi connectivity index (χ0n) is 17.9. The highest BCUT2D eigenvalue weighted by atomic mass is 32.1. The molecular formula is C25H27N3O2S. The molecule has 0 aliphatic heterocycles. The minimum atomic E-state index is -0.0597. The number of aromatic nitrogens is 2. The number of amides is 1. The second-order valence-electron chi connectivity index (χ2n) is 7.65. The van der Waals surface area contributed by atoms with Crippen LogP contribution < -0.4 is 10.1 Å². The van der Waals surface area contributed by atoms with Gasteiger partial charge >= 0.3 is 0 Å². The number of benzene rings is 2. The fourth-order valence-corrected chi connectivity index (χ4v) is 4.22. The molecule has 160 valence electrons. The van der Waals surface area contributed by atoms with Crippen LogP contribution in [0.5, 0.6) is 5.75 Å². The van der Waals surface area contributed by atoms with E-state index in [-0.39, 0.29) is 5.91 Å². The molecule has 0 aliphatic carbocycles. The number of nitrogens with one attached hydrogen (secondary N) is 1. The molecular weight excluding hydrogens is 406 g/mol. The molecule has 0 fully saturated rings. The lowest BCUT2D eigenvalue weighted by Crippen LogP contribution is -2.24. The van der Waals surface area contributed by atoms with Gasteiger partial charge in [0.2, 0.25) is 0 Å². The zero-order valence-corrected chi connectivity index (χ0v) is 18.7. The van der Waals surface area contributed by atoms with E-state index >= 15 is 0 Å². The molecule has 0 saturated carbocycles. The zero-order chi connectivity index (χ0) is 21.6. The number of hydrogen-bond acceptors (Lipinski definition) is 4. The number of hydrogen-bond donors (Lipinski definition) is 1. The van der Waals surface area contributed by atoms with Crippen LogP contribution in [0.2, 0.25) is 0 Å². The second-order valence-corrected chi connectivity index (χ2v) is 8.60. The topological polar surface area (TPSA) is 56.1 Å². The van der Waals surface area contributed by atoms with Crippen molar-refractivity contribution in [3.8, 4) is 5.75 Å². The lowest BCUT2D eigenvalue weighted by molar-refractivity contribution is 0.0953. The van der Waals surface area contributed by atoms with Crippen LogP contribution in [0.25, 0.3) is 11.0 Å². The van der Waals surface area contributed by atoms with Gasteiger partial charge in [0.1, 0.15) is 11.6 Å². The van der Waals surface area contributed by atoms with Crippen LogP contribution in [0, 0.1) is 13.8 Å². The van der Waals surface area contributed by atoms with Crippen molar-refractivity contribution in [1.29, 1.82) is 0 Å². The van der Waals surface area contributed by atoms with Crippen LogP contribution in [0.1, 0.15) is 39.5 Å². The minimum absolute atomic E-state index is 0.0597. The molecule has 2 aromatic heterocycles. The standard InChI is InChI=1S/C25H27N3O2S/c1-18-11-12-19(2)22(16-18)30-14-6-5-13-28-21-9-4-3-8-20(21)27-24(28)17-26-25(29)23-10-7-15-31-23/h3-4,7-12,15-16H,5-6,13-14,17H2,1-2H3,(H,26,29). The molecule has 0 aliphatic rings. The highest BCUT2D eigenvalue weighted by Crippen LogP contribution is 2.20. The number of para-hydroxylation sites is 2. The molecule has 4 aromatic rings. The maximum Gasteiger partial charge on any atom is 0.261 e. The van der Waals surface area contributed by atoms with Gasteiger partial charge in [0.15, 0.2) is 0 Å². The summed E-state index contributed by atoms with van der Waals surface area (Å²) in [6.45, 7) is 6.07. The van der Waals surface area contributed by atoms with Crippen molar-refractivity contribution in [2.75, 3.05) is 6.61 Å². The number of carbonyl (C=O) groups excluding carboxylic acids is 1. The summed E-state index contributed by atoms with van der Waals surface area (Å²) >= 11 is 1.44. The van der Waals surface area contributed by atoms with E-state index in [1.54, 1.807) is 0 Å². The maximum atomic E-state index is 12.3. The maximum absolute atomic E-state index is 12.3. The molecule has 2 heterocycles. The Morgan fingerprint density at radius 3 is 2.81 bits per heavy atom. The number of fused-ring (bicyclic) bond motifs is 1. The number of ether oxygens (including phenoxy) is 1. The molecule has 31 heavy (non-hydrogen) atoms. The van der Waals surface area contributed by atoms with Crippen molar-refractivity contribution in [3.63, 3.8) is 0 Å². The Bertz CT molecular complexity index is 1160. The predicted octanol–water partition coefficient (Wildman–Crippen LogP) is 5.50. The van der Waals surface area contributed by atoms with E-state index in [0.717, 1.165) is 47.6 Å². The Hall–Kier alpha value is -3.12. The van der Waals surface area contributed by atoms with Crippen molar-refractivity contribution in [3.05, 3.63) is 81.8 Å². The van der Waals surface area contributed by atoms with Gasteiger partial charge in [-0.1, -0.05) is 30.3 Å². The van der Waals surface area contributed by atoms with Gasteiger partial charge < -0.3 is 14.6 Å². The van der Waals surface area contributed by atoms with Crippen molar-refractivity contribution in [2.45, 2.75) is 39.8 Å². The van der Waals surface area contributed by atoms with Gasteiger partial charge in [-0.3, -0.25) is 4.79 Å². The third kappa shape index (κ3) is 5.14. The van der Waals surface area contributed by atoms with Gasteiger partial charge in [-0.05, 0) is 67.5 Å². The van der Waals surface area contributed by atoms with Gasteiger partial charge in [0, 0.05) is 6.54 Å². The number of rotatable bonds is 9. The summed E-state index contributed by atoms with van der Waals surface area (Å²) in [5, 5.41) is 4.91. The molecule has 1 amide bonds. The number of imidazole rings is 1. The average Bonchev–Trinajstić information content (AvgIpc) is 3.43. The number of carbonyl (C=O) groups is 1. The third-order valence-corrected chi connectivity index (χ3v) is 6.13. The van der Waals surface area contributed by atoms with Crippen LogP contribution in [0.4, 0.5) is 0 Å². The van der Waals surface area contributed by atoms with Crippen LogP contribution >= 0.6 is 11.3 Å². The Morgan fingerprint density at radius 2 is 1.97 bits per heavy atom. The van der Waals surface area contributed by atoms with Crippen molar-refractivity contribution < 1.29 is 9.53 Å². The Kier molecular flexibility index (Phi) is 6.67. The van der Waals surface area contributed by atoms with Crippen molar-refractivity contribution >= 4 is 28.3 Å². The highest BCUT2D eigenvalue weighted by molar-refractivity contribution is 7.12. The van der Waals surface area contributed by atoms with E-state index in [0.29, 0.717) is 18.0 Å². The van der Waals surface area contributed by atoms with Gasteiger partial charge in [0.25, 0.3) is 5.91 Å². The Labute approximate surface area is 186 Å². The van der Waals surface area contributed by atoms with Crippen LogP contribution in [-0.4, -0.2) is 22.1 Å². The molecule has 5 nitrogen and oxygen atoms in total. The third-order valence-electron chi connectivity index (χ3n) is 5.26. The molecule has 2 aromatic carbocycles. The summed E-state index contributed by atoms with van der Waals surface area (Å²) in [5.41, 5.74) is 4.42. The molecule has 6 heteroatoms. The summed E-state index contributed by atoms with van der Waals surface area (Å²) in [6, 6.07) is 18.1. The summed E-state index contributed by atoms with van der Waals surface area (Å²) in [5.74, 6) is 1.78. The Morgan fingerprint density at radius 1 is 1.10 bits per heavy atom. The first kappa shape index (κ1) is 21.1. The molecule has 0 spiro atoms. The van der Waals surface area contributed by atoms with Gasteiger partial charge in [0.05, 0.1) is 29.1 Å². The monoisotopic (exact) mass is 433 g/mol. The average molecular weight is 434 g/mol. The molecule has 0 bridgehead atoms. The van der Waals surface area contributed by atoms with E-state index in [1.165, 1.54) is 16.9 Å². The quantitative estimate of drug-likeness (QED) is 0.354. The first-order chi connectivity index (χ1) is 15.1. The fourth-order valence-electron chi connectivity index (χ4n) is 3.58. The fraction of sp³-hybridized carbons (Fsp3) is 0.280. The normalized spacial score (nSPS) is 11.0. The van der Waals surface area contributed by atoms with E-state index in [9.17, 15) is 4.79 Å². The largest absolute Gasteiger partial charge is 0.493 e. The predicted molar refractivity (Wildman–Crippen MR) is 126 cm³/mol. The van der Waals surface area contributed by atoms with E-state index < -0.39 is 0 Å². The van der Waals surface area contributed by atoms with Crippen molar-refractivity contribution in [1.82, 2.24) is 14.9 Å². The lowest BCUT2D eigenvalue weighted by Gasteiger charge is -2.12. The van der Waals surface area contributed by atoms with E-state index in [4.69, 9.17) is 9.72 Å². The molecule has 0 atom stereocenters. The molecule has 0 unspecified atom stereocenters. The SMILES string of the molecule is Cc1ccc(C)c(OCCCCn2c(CNC(=O)c3cccs3)nc3ccccc32)c1. The van der Waals surface area contributed by atoms with Crippen LogP contribution in [0.3, 0.4) is 0 Å². The molecule has 4 rings (SSSR count). The van der Waals surface area contributed by atoms with Crippen molar-refractivity contribution in [2.24, 2.45) is 0 Å². The van der Waals surface area contributed by atoms with E-state index in [2.05, 4.69) is 48.0 Å². The van der Waals surface area contributed by atoms with E-state index in [1.807, 2.05) is 35.7 Å². The van der Waals surface area contributed by atoms with Crippen LogP contribution in [0.15, 0.2) is 60.0 Å².